The Morgan fingerprint density at radius 3 is 2.86 bits per heavy atom. The van der Waals surface area contributed by atoms with Gasteiger partial charge in [0.15, 0.2) is 5.78 Å². The van der Waals surface area contributed by atoms with Gasteiger partial charge in [0.1, 0.15) is 12.4 Å². The van der Waals surface area contributed by atoms with Crippen molar-refractivity contribution in [2.24, 2.45) is 0 Å². The Balaban J connectivity index is 2.09. The van der Waals surface area contributed by atoms with Crippen molar-refractivity contribution < 1.29 is 9.53 Å². The van der Waals surface area contributed by atoms with Crippen molar-refractivity contribution in [3.63, 3.8) is 0 Å². The van der Waals surface area contributed by atoms with Gasteiger partial charge in [-0.3, -0.25) is 9.48 Å². The first-order chi connectivity index (χ1) is 10.0. The maximum absolute atomic E-state index is 11.6. The molecule has 0 saturated carbocycles. The molecule has 1 unspecified atom stereocenters. The summed E-state index contributed by atoms with van der Waals surface area (Å²) in [5.41, 5.74) is 1.32. The Morgan fingerprint density at radius 2 is 2.19 bits per heavy atom. The molecule has 2 aromatic rings. The first-order valence-corrected chi connectivity index (χ1v) is 7.36. The highest BCUT2D eigenvalue weighted by atomic mass is 35.5. The van der Waals surface area contributed by atoms with Crippen molar-refractivity contribution >= 4 is 17.4 Å². The summed E-state index contributed by atoms with van der Waals surface area (Å²) in [4.78, 5) is 11.6. The van der Waals surface area contributed by atoms with Crippen LogP contribution in [0, 0.1) is 0 Å². The summed E-state index contributed by atoms with van der Waals surface area (Å²) in [5, 5.41) is 4.99. The molecule has 0 spiro atoms. The van der Waals surface area contributed by atoms with Crippen LogP contribution in [0.1, 0.15) is 49.3 Å². The molecular weight excluding hydrogens is 288 g/mol. The molecule has 0 N–H and O–H groups in total. The second kappa shape index (κ2) is 6.76. The molecule has 21 heavy (non-hydrogen) atoms. The standard InChI is InChI=1S/C16H19ClN2O2/c1-4-11(2)19-8-7-14(18-19)10-21-16-6-5-13(17)9-15(16)12(3)20/h5-9,11H,4,10H2,1-3H3. The molecule has 1 heterocycles. The van der Waals surface area contributed by atoms with E-state index in [-0.39, 0.29) is 5.78 Å². The first kappa shape index (κ1) is 15.6. The van der Waals surface area contributed by atoms with Gasteiger partial charge in [-0.25, -0.2) is 0 Å². The van der Waals surface area contributed by atoms with E-state index in [4.69, 9.17) is 16.3 Å². The lowest BCUT2D eigenvalue weighted by Crippen LogP contribution is -2.06. The molecule has 112 valence electrons. The molecule has 0 bridgehead atoms. The number of aromatic nitrogens is 2. The molecule has 2 rings (SSSR count). The lowest BCUT2D eigenvalue weighted by Gasteiger charge is -2.10. The second-order valence-electron chi connectivity index (χ2n) is 5.03. The molecule has 0 aliphatic carbocycles. The largest absolute Gasteiger partial charge is 0.486 e. The van der Waals surface area contributed by atoms with E-state index in [1.807, 2.05) is 16.9 Å². The molecule has 0 fully saturated rings. The zero-order chi connectivity index (χ0) is 15.4. The summed E-state index contributed by atoms with van der Waals surface area (Å²) in [6.45, 7) is 6.06. The smallest absolute Gasteiger partial charge is 0.163 e. The molecule has 0 saturated heterocycles. The van der Waals surface area contributed by atoms with E-state index in [0.29, 0.717) is 29.0 Å². The van der Waals surface area contributed by atoms with Gasteiger partial charge in [0.2, 0.25) is 0 Å². The van der Waals surface area contributed by atoms with Crippen LogP contribution < -0.4 is 4.74 Å². The number of Topliss-reactive ketones (excluding diaryl/α,β-unsaturated/α-hetero) is 1. The monoisotopic (exact) mass is 306 g/mol. The van der Waals surface area contributed by atoms with Gasteiger partial charge in [-0.05, 0) is 44.5 Å². The highest BCUT2D eigenvalue weighted by molar-refractivity contribution is 6.31. The number of ether oxygens (including phenoxy) is 1. The second-order valence-corrected chi connectivity index (χ2v) is 5.47. The van der Waals surface area contributed by atoms with Crippen molar-refractivity contribution in [3.8, 4) is 5.75 Å². The van der Waals surface area contributed by atoms with Crippen molar-refractivity contribution in [1.29, 1.82) is 0 Å². The lowest BCUT2D eigenvalue weighted by molar-refractivity contribution is 0.101. The Hall–Kier alpha value is -1.81. The van der Waals surface area contributed by atoms with Crippen LogP contribution in [-0.2, 0) is 6.61 Å². The normalized spacial score (nSPS) is 12.2. The SMILES string of the molecule is CCC(C)n1ccc(COc2ccc(Cl)cc2C(C)=O)n1. The molecule has 0 aliphatic heterocycles. The minimum Gasteiger partial charge on any atom is -0.486 e. The van der Waals surface area contributed by atoms with Gasteiger partial charge in [0.25, 0.3) is 0 Å². The number of carbonyl (C=O) groups is 1. The predicted octanol–water partition coefficient (Wildman–Crippen LogP) is 4.29. The Morgan fingerprint density at radius 1 is 1.43 bits per heavy atom. The summed E-state index contributed by atoms with van der Waals surface area (Å²) in [5.74, 6) is 0.461. The summed E-state index contributed by atoms with van der Waals surface area (Å²) in [6.07, 6.45) is 2.97. The minimum absolute atomic E-state index is 0.0716. The van der Waals surface area contributed by atoms with Crippen LogP contribution in [0.3, 0.4) is 0 Å². The fraction of sp³-hybridized carbons (Fsp3) is 0.375. The van der Waals surface area contributed by atoms with Crippen LogP contribution in [0.5, 0.6) is 5.75 Å². The van der Waals surface area contributed by atoms with E-state index >= 15 is 0 Å². The van der Waals surface area contributed by atoms with E-state index in [2.05, 4.69) is 18.9 Å². The number of hydrogen-bond donors (Lipinski definition) is 0. The number of rotatable bonds is 6. The number of nitrogens with zero attached hydrogens (tertiary/aromatic N) is 2. The van der Waals surface area contributed by atoms with E-state index < -0.39 is 0 Å². The van der Waals surface area contributed by atoms with Gasteiger partial charge < -0.3 is 4.74 Å². The maximum atomic E-state index is 11.6. The minimum atomic E-state index is -0.0716. The molecule has 1 aromatic carbocycles. The molecule has 0 amide bonds. The first-order valence-electron chi connectivity index (χ1n) is 6.98. The highest BCUT2D eigenvalue weighted by Crippen LogP contribution is 2.24. The van der Waals surface area contributed by atoms with Crippen molar-refractivity contribution in [1.82, 2.24) is 9.78 Å². The van der Waals surface area contributed by atoms with E-state index in [1.54, 1.807) is 18.2 Å². The third-order valence-electron chi connectivity index (χ3n) is 3.40. The summed E-state index contributed by atoms with van der Waals surface area (Å²) >= 11 is 5.91. The lowest BCUT2D eigenvalue weighted by atomic mass is 10.1. The Kier molecular flexibility index (Phi) is 5.02. The molecule has 1 aromatic heterocycles. The van der Waals surface area contributed by atoms with Gasteiger partial charge in [-0.1, -0.05) is 18.5 Å². The zero-order valence-electron chi connectivity index (χ0n) is 12.5. The third kappa shape index (κ3) is 3.85. The number of hydrogen-bond acceptors (Lipinski definition) is 3. The average Bonchev–Trinajstić information content (AvgIpc) is 2.93. The topological polar surface area (TPSA) is 44.1 Å². The van der Waals surface area contributed by atoms with E-state index in [9.17, 15) is 4.79 Å². The molecule has 0 aliphatic rings. The Labute approximate surface area is 129 Å². The maximum Gasteiger partial charge on any atom is 0.163 e. The number of halogens is 1. The summed E-state index contributed by atoms with van der Waals surface area (Å²) in [6, 6.07) is 7.33. The molecular formula is C16H19ClN2O2. The van der Waals surface area contributed by atoms with E-state index in [1.165, 1.54) is 6.92 Å². The van der Waals surface area contributed by atoms with Gasteiger partial charge in [-0.2, -0.15) is 5.10 Å². The van der Waals surface area contributed by atoms with Crippen molar-refractivity contribution in [2.75, 3.05) is 0 Å². The van der Waals surface area contributed by atoms with Crippen molar-refractivity contribution in [3.05, 3.63) is 46.7 Å². The summed E-state index contributed by atoms with van der Waals surface area (Å²) in [7, 11) is 0. The average molecular weight is 307 g/mol. The van der Waals surface area contributed by atoms with E-state index in [0.717, 1.165) is 12.1 Å². The van der Waals surface area contributed by atoms with Gasteiger partial charge in [0, 0.05) is 17.3 Å². The summed E-state index contributed by atoms with van der Waals surface area (Å²) < 4.78 is 7.63. The van der Waals surface area contributed by atoms with Crippen LogP contribution >= 0.6 is 11.6 Å². The Bertz CT molecular complexity index is 637. The highest BCUT2D eigenvalue weighted by Gasteiger charge is 2.11. The van der Waals surface area contributed by atoms with Gasteiger partial charge in [0.05, 0.1) is 11.3 Å². The van der Waals surface area contributed by atoms with Crippen LogP contribution in [0.25, 0.3) is 0 Å². The molecule has 0 radical (unpaired) electrons. The molecule has 1 atom stereocenters. The van der Waals surface area contributed by atoms with Crippen LogP contribution in [-0.4, -0.2) is 15.6 Å². The number of carbonyl (C=O) groups excluding carboxylic acids is 1. The predicted molar refractivity (Wildman–Crippen MR) is 83.0 cm³/mol. The van der Waals surface area contributed by atoms with Crippen LogP contribution in [0.15, 0.2) is 30.5 Å². The van der Waals surface area contributed by atoms with Crippen molar-refractivity contribution in [2.45, 2.75) is 39.8 Å². The quantitative estimate of drug-likeness (QED) is 0.748. The third-order valence-corrected chi connectivity index (χ3v) is 3.64. The molecule has 5 heteroatoms. The zero-order valence-corrected chi connectivity index (χ0v) is 13.2. The fourth-order valence-electron chi connectivity index (χ4n) is 1.94. The van der Waals surface area contributed by atoms with Crippen LogP contribution in [0.2, 0.25) is 5.02 Å². The van der Waals surface area contributed by atoms with Gasteiger partial charge in [-0.15, -0.1) is 0 Å². The number of ketones is 1. The van der Waals surface area contributed by atoms with Crippen LogP contribution in [0.4, 0.5) is 0 Å². The molecule has 4 nitrogen and oxygen atoms in total. The van der Waals surface area contributed by atoms with Gasteiger partial charge >= 0.3 is 0 Å². The number of benzene rings is 1. The fourth-order valence-corrected chi connectivity index (χ4v) is 2.11.